The van der Waals surface area contributed by atoms with Gasteiger partial charge in [-0.05, 0) is 49.6 Å². The van der Waals surface area contributed by atoms with Crippen LogP contribution >= 0.6 is 0 Å². The summed E-state index contributed by atoms with van der Waals surface area (Å²) < 4.78 is 17.8. The van der Waals surface area contributed by atoms with Gasteiger partial charge >= 0.3 is 5.97 Å². The summed E-state index contributed by atoms with van der Waals surface area (Å²) in [4.78, 5) is 12.9. The van der Waals surface area contributed by atoms with E-state index in [9.17, 15) is 4.79 Å². The highest BCUT2D eigenvalue weighted by molar-refractivity contribution is 5.91. The molecule has 2 rings (SSSR count). The molecule has 0 bridgehead atoms. The molecule has 0 fully saturated rings. The molecule has 0 radical (unpaired) electrons. The Hall–Kier alpha value is -2.33. The number of carbonyl (C=O) groups excluding carboxylic acids is 1. The van der Waals surface area contributed by atoms with Crippen molar-refractivity contribution in [2.45, 2.75) is 181 Å². The molecule has 0 aliphatic heterocycles. The predicted octanol–water partition coefficient (Wildman–Crippen LogP) is 13.8. The number of benzene rings is 2. The monoisotopic (exact) mass is 651 g/mol. The van der Waals surface area contributed by atoms with Gasteiger partial charge in [0.2, 0.25) is 0 Å². The molecule has 0 amide bonds. The third kappa shape index (κ3) is 20.6. The van der Waals surface area contributed by atoms with E-state index in [2.05, 4.69) is 20.8 Å². The molecule has 1 unspecified atom stereocenters. The highest BCUT2D eigenvalue weighted by atomic mass is 16.6. The quantitative estimate of drug-likeness (QED) is 0.0463. The van der Waals surface area contributed by atoms with Gasteiger partial charge in [0.25, 0.3) is 0 Å². The van der Waals surface area contributed by atoms with E-state index >= 15 is 0 Å². The number of para-hydroxylation sites is 2. The first-order valence-electron chi connectivity index (χ1n) is 19.8. The molecule has 0 aliphatic carbocycles. The zero-order valence-electron chi connectivity index (χ0n) is 30.7. The lowest BCUT2D eigenvalue weighted by Crippen LogP contribution is -2.10. The zero-order valence-corrected chi connectivity index (χ0v) is 30.7. The molecule has 4 heteroatoms. The van der Waals surface area contributed by atoms with Crippen LogP contribution in [0.4, 0.5) is 0 Å². The predicted molar refractivity (Wildman–Crippen MR) is 200 cm³/mol. The van der Waals surface area contributed by atoms with Gasteiger partial charge < -0.3 is 14.2 Å². The van der Waals surface area contributed by atoms with Gasteiger partial charge in [-0.1, -0.05) is 179 Å². The molecule has 266 valence electrons. The lowest BCUT2D eigenvalue weighted by atomic mass is 10.0. The van der Waals surface area contributed by atoms with E-state index in [0.717, 1.165) is 31.4 Å². The topological polar surface area (TPSA) is 44.8 Å². The average Bonchev–Trinajstić information content (AvgIpc) is 3.09. The Labute approximate surface area is 289 Å². The molecule has 0 N–H and O–H groups in total. The molecule has 47 heavy (non-hydrogen) atoms. The lowest BCUT2D eigenvalue weighted by molar-refractivity contribution is 0.0625. The van der Waals surface area contributed by atoms with E-state index in [0.29, 0.717) is 23.7 Å². The second-order valence-electron chi connectivity index (χ2n) is 13.6. The summed E-state index contributed by atoms with van der Waals surface area (Å²) in [6.45, 7) is 8.01. The molecule has 2 aromatic carbocycles. The van der Waals surface area contributed by atoms with E-state index < -0.39 is 0 Å². The number of hydrogen-bond donors (Lipinski definition) is 0. The highest BCUT2D eigenvalue weighted by Crippen LogP contribution is 2.28. The van der Waals surface area contributed by atoms with Crippen molar-refractivity contribution >= 4 is 5.97 Å². The number of ether oxygens (including phenoxy) is 3. The van der Waals surface area contributed by atoms with Gasteiger partial charge in [0.15, 0.2) is 11.5 Å². The summed E-state index contributed by atoms with van der Waals surface area (Å²) >= 11 is 0. The first-order valence-corrected chi connectivity index (χ1v) is 19.8. The molecule has 0 heterocycles. The van der Waals surface area contributed by atoms with E-state index in [1.54, 1.807) is 6.07 Å². The summed E-state index contributed by atoms with van der Waals surface area (Å²) in [5.41, 5.74) is 1.60. The van der Waals surface area contributed by atoms with Crippen molar-refractivity contribution in [2.75, 3.05) is 13.2 Å². The highest BCUT2D eigenvalue weighted by Gasteiger charge is 2.14. The summed E-state index contributed by atoms with van der Waals surface area (Å²) in [5, 5.41) is 0. The summed E-state index contributed by atoms with van der Waals surface area (Å²) in [5.74, 6) is 0.709. The molecule has 0 saturated carbocycles. The zero-order chi connectivity index (χ0) is 33.6. The first kappa shape index (κ1) is 40.8. The van der Waals surface area contributed by atoms with E-state index in [-0.39, 0.29) is 12.1 Å². The third-order valence-corrected chi connectivity index (χ3v) is 9.29. The SMILES string of the molecule is CCCCCCCCCCCCCCCCCCCCOC(C)c1ccc(C(=O)Oc2ccccc2OCCCCCCCC)cc1. The van der Waals surface area contributed by atoms with E-state index in [1.165, 1.54) is 135 Å². The molecule has 4 nitrogen and oxygen atoms in total. The first-order chi connectivity index (χ1) is 23.2. The standard InChI is InChI=1S/C43H70O4/c1-4-6-8-10-12-13-14-15-16-17-18-19-20-21-22-23-25-28-36-45-38(3)39-32-34-40(35-33-39)43(44)47-42-31-27-26-30-41(42)46-37-29-24-11-9-7-5-2/h26-27,30-35,38H,4-25,28-29,36-37H2,1-3H3. The van der Waals surface area contributed by atoms with Crippen LogP contribution in [0.15, 0.2) is 48.5 Å². The number of rotatable bonds is 31. The lowest BCUT2D eigenvalue weighted by Gasteiger charge is -2.14. The van der Waals surface area contributed by atoms with Crippen LogP contribution in [-0.2, 0) is 4.74 Å². The van der Waals surface area contributed by atoms with Crippen molar-refractivity contribution in [3.8, 4) is 11.5 Å². The van der Waals surface area contributed by atoms with Crippen molar-refractivity contribution in [2.24, 2.45) is 0 Å². The fourth-order valence-electron chi connectivity index (χ4n) is 6.13. The summed E-state index contributed by atoms with van der Waals surface area (Å²) in [6, 6.07) is 15.0. The minimum atomic E-state index is -0.375. The van der Waals surface area contributed by atoms with E-state index in [4.69, 9.17) is 14.2 Å². The second-order valence-corrected chi connectivity index (χ2v) is 13.6. The van der Waals surface area contributed by atoms with E-state index in [1.807, 2.05) is 42.5 Å². The summed E-state index contributed by atoms with van der Waals surface area (Å²) in [6.07, 6.45) is 32.2. The number of hydrogen-bond acceptors (Lipinski definition) is 4. The molecule has 0 spiro atoms. The molecular weight excluding hydrogens is 580 g/mol. The van der Waals surface area contributed by atoms with Gasteiger partial charge in [-0.25, -0.2) is 4.79 Å². The molecule has 0 aliphatic rings. The van der Waals surface area contributed by atoms with Crippen LogP contribution in [0.1, 0.15) is 197 Å². The van der Waals surface area contributed by atoms with Crippen molar-refractivity contribution in [1.82, 2.24) is 0 Å². The van der Waals surface area contributed by atoms with Crippen LogP contribution in [0, 0.1) is 0 Å². The molecule has 2 aromatic rings. The number of unbranched alkanes of at least 4 members (excludes halogenated alkanes) is 22. The fourth-order valence-corrected chi connectivity index (χ4v) is 6.13. The Morgan fingerprint density at radius 2 is 0.915 bits per heavy atom. The Kier molecular flexibility index (Phi) is 24.9. The Morgan fingerprint density at radius 1 is 0.511 bits per heavy atom. The van der Waals surface area contributed by atoms with Gasteiger partial charge in [0.05, 0.1) is 18.3 Å². The minimum absolute atomic E-state index is 0.00182. The molecular formula is C43H70O4. The number of esters is 1. The van der Waals surface area contributed by atoms with Crippen molar-refractivity contribution in [3.63, 3.8) is 0 Å². The van der Waals surface area contributed by atoms with Crippen LogP contribution in [0.3, 0.4) is 0 Å². The van der Waals surface area contributed by atoms with Crippen LogP contribution in [0.2, 0.25) is 0 Å². The van der Waals surface area contributed by atoms with Gasteiger partial charge in [0.1, 0.15) is 0 Å². The van der Waals surface area contributed by atoms with Gasteiger partial charge in [-0.3, -0.25) is 0 Å². The maximum Gasteiger partial charge on any atom is 0.343 e. The van der Waals surface area contributed by atoms with Gasteiger partial charge in [0, 0.05) is 6.61 Å². The minimum Gasteiger partial charge on any atom is -0.490 e. The van der Waals surface area contributed by atoms with Crippen LogP contribution in [0.5, 0.6) is 11.5 Å². The normalized spacial score (nSPS) is 11.9. The van der Waals surface area contributed by atoms with Crippen molar-refractivity contribution < 1.29 is 19.0 Å². The average molecular weight is 651 g/mol. The maximum atomic E-state index is 12.9. The Bertz CT molecular complexity index is 1000. The number of carbonyl (C=O) groups is 1. The molecule has 0 aromatic heterocycles. The second kappa shape index (κ2) is 28.7. The van der Waals surface area contributed by atoms with Gasteiger partial charge in [-0.2, -0.15) is 0 Å². The van der Waals surface area contributed by atoms with Crippen molar-refractivity contribution in [3.05, 3.63) is 59.7 Å². The molecule has 1 atom stereocenters. The maximum absolute atomic E-state index is 12.9. The Morgan fingerprint density at radius 3 is 1.38 bits per heavy atom. The van der Waals surface area contributed by atoms with Crippen LogP contribution in [-0.4, -0.2) is 19.2 Å². The summed E-state index contributed by atoms with van der Waals surface area (Å²) in [7, 11) is 0. The third-order valence-electron chi connectivity index (χ3n) is 9.29. The van der Waals surface area contributed by atoms with Gasteiger partial charge in [-0.15, -0.1) is 0 Å². The molecule has 0 saturated heterocycles. The van der Waals surface area contributed by atoms with Crippen LogP contribution < -0.4 is 9.47 Å². The largest absolute Gasteiger partial charge is 0.490 e. The van der Waals surface area contributed by atoms with Crippen molar-refractivity contribution in [1.29, 1.82) is 0 Å². The fraction of sp³-hybridized carbons (Fsp3) is 0.698. The Balaban J connectivity index is 1.50. The smallest absolute Gasteiger partial charge is 0.343 e. The van der Waals surface area contributed by atoms with Crippen LogP contribution in [0.25, 0.3) is 0 Å².